The number of Topliss-reactive ketones (excluding diaryl/α,β-unsaturated/α-hetero) is 1. The van der Waals surface area contributed by atoms with E-state index in [0.29, 0.717) is 5.94 Å². The molecular formula is C10H12O2S. The van der Waals surface area contributed by atoms with Crippen molar-refractivity contribution in [1.29, 1.82) is 0 Å². The van der Waals surface area contributed by atoms with E-state index in [0.717, 1.165) is 10.5 Å². The summed E-state index contributed by atoms with van der Waals surface area (Å²) in [6.45, 7) is 1.57. The Morgan fingerprint density at radius 3 is 2.92 bits per heavy atom. The van der Waals surface area contributed by atoms with Crippen LogP contribution in [0.2, 0.25) is 0 Å². The zero-order valence-corrected chi connectivity index (χ0v) is 8.56. The second kappa shape index (κ2) is 5.04. The van der Waals surface area contributed by atoms with E-state index in [1.165, 1.54) is 0 Å². The number of rotatable bonds is 4. The minimum atomic E-state index is 0.0971. The summed E-state index contributed by atoms with van der Waals surface area (Å²) in [5.41, 5.74) is 0.751. The molecule has 0 aliphatic heterocycles. The molecule has 0 amide bonds. The van der Waals surface area contributed by atoms with E-state index in [9.17, 15) is 4.79 Å². The first-order valence-electron chi connectivity index (χ1n) is 3.97. The third-order valence-electron chi connectivity index (χ3n) is 1.58. The highest BCUT2D eigenvalue weighted by molar-refractivity contribution is 7.99. The third kappa shape index (κ3) is 3.20. The monoisotopic (exact) mass is 196 g/mol. The Balaban J connectivity index is 2.73. The molecule has 0 atom stereocenters. The van der Waals surface area contributed by atoms with E-state index >= 15 is 0 Å². The van der Waals surface area contributed by atoms with E-state index in [2.05, 4.69) is 0 Å². The second-order valence-electron chi connectivity index (χ2n) is 2.63. The summed E-state index contributed by atoms with van der Waals surface area (Å²) in [5.74, 6) is 0.710. The number of ether oxygens (including phenoxy) is 1. The van der Waals surface area contributed by atoms with E-state index in [-0.39, 0.29) is 5.78 Å². The summed E-state index contributed by atoms with van der Waals surface area (Å²) in [4.78, 5) is 12.1. The normalized spacial score (nSPS) is 10.0. The van der Waals surface area contributed by atoms with Crippen molar-refractivity contribution in [2.75, 3.05) is 13.0 Å². The van der Waals surface area contributed by atoms with Gasteiger partial charge in [-0.1, -0.05) is 23.9 Å². The van der Waals surface area contributed by atoms with Gasteiger partial charge in [-0.2, -0.15) is 0 Å². The minimum Gasteiger partial charge on any atom is -0.374 e. The summed E-state index contributed by atoms with van der Waals surface area (Å²) in [6, 6.07) is 7.55. The number of carbonyl (C=O) groups is 1. The highest BCUT2D eigenvalue weighted by Crippen LogP contribution is 2.18. The zero-order chi connectivity index (χ0) is 9.68. The molecule has 1 aromatic rings. The van der Waals surface area contributed by atoms with Crippen LogP contribution in [0.1, 0.15) is 17.3 Å². The van der Waals surface area contributed by atoms with Gasteiger partial charge >= 0.3 is 0 Å². The van der Waals surface area contributed by atoms with Crippen LogP contribution in [0.25, 0.3) is 0 Å². The van der Waals surface area contributed by atoms with Crippen LogP contribution in [0.3, 0.4) is 0 Å². The van der Waals surface area contributed by atoms with E-state index in [1.807, 2.05) is 24.3 Å². The number of hydrogen-bond acceptors (Lipinski definition) is 3. The number of thioether (sulfide) groups is 1. The highest BCUT2D eigenvalue weighted by Gasteiger charge is 1.99. The maximum Gasteiger partial charge on any atom is 0.159 e. The van der Waals surface area contributed by atoms with E-state index in [4.69, 9.17) is 4.74 Å². The van der Waals surface area contributed by atoms with Gasteiger partial charge in [0.05, 0.1) is 5.94 Å². The molecule has 0 aliphatic rings. The van der Waals surface area contributed by atoms with Crippen molar-refractivity contribution in [2.24, 2.45) is 0 Å². The van der Waals surface area contributed by atoms with Crippen LogP contribution < -0.4 is 0 Å². The van der Waals surface area contributed by atoms with Gasteiger partial charge in [-0.05, 0) is 19.1 Å². The maximum absolute atomic E-state index is 11.0. The molecule has 0 spiro atoms. The van der Waals surface area contributed by atoms with Crippen LogP contribution in [0.5, 0.6) is 0 Å². The van der Waals surface area contributed by atoms with Crippen LogP contribution in [-0.2, 0) is 4.74 Å². The first kappa shape index (κ1) is 10.3. The lowest BCUT2D eigenvalue weighted by molar-refractivity contribution is 0.101. The third-order valence-corrected chi connectivity index (χ3v) is 2.52. The van der Waals surface area contributed by atoms with Crippen LogP contribution >= 0.6 is 11.8 Å². The standard InChI is InChI=1S/C10H12O2S/c1-8(11)9-4-3-5-10(6-9)13-7-12-2/h3-6H,7H2,1-2H3. The first-order valence-corrected chi connectivity index (χ1v) is 4.95. The van der Waals surface area contributed by atoms with Gasteiger partial charge in [0.15, 0.2) is 5.78 Å². The number of methoxy groups -OCH3 is 1. The Morgan fingerprint density at radius 2 is 2.31 bits per heavy atom. The number of hydrogen-bond donors (Lipinski definition) is 0. The number of ketones is 1. The Kier molecular flexibility index (Phi) is 3.99. The summed E-state index contributed by atoms with van der Waals surface area (Å²) >= 11 is 1.58. The molecule has 0 radical (unpaired) electrons. The van der Waals surface area contributed by atoms with Crippen molar-refractivity contribution in [3.63, 3.8) is 0 Å². The van der Waals surface area contributed by atoms with Gasteiger partial charge < -0.3 is 4.74 Å². The lowest BCUT2D eigenvalue weighted by Gasteiger charge is -2.01. The molecule has 0 heterocycles. The van der Waals surface area contributed by atoms with Crippen LogP contribution in [0.4, 0.5) is 0 Å². The molecule has 1 rings (SSSR count). The molecule has 1 aromatic carbocycles. The molecule has 0 saturated heterocycles. The number of benzene rings is 1. The molecule has 0 fully saturated rings. The lowest BCUT2D eigenvalue weighted by Crippen LogP contribution is -1.91. The SMILES string of the molecule is COCSc1cccc(C(C)=O)c1. The average Bonchev–Trinajstić information content (AvgIpc) is 2.15. The average molecular weight is 196 g/mol. The fourth-order valence-corrected chi connectivity index (χ4v) is 1.57. The van der Waals surface area contributed by atoms with Crippen LogP contribution in [0.15, 0.2) is 29.2 Å². The van der Waals surface area contributed by atoms with Gasteiger partial charge in [0, 0.05) is 17.6 Å². The van der Waals surface area contributed by atoms with Gasteiger partial charge in [0.25, 0.3) is 0 Å². The minimum absolute atomic E-state index is 0.0971. The molecule has 3 heteroatoms. The van der Waals surface area contributed by atoms with Crippen molar-refractivity contribution < 1.29 is 9.53 Å². The molecule has 0 aliphatic carbocycles. The fourth-order valence-electron chi connectivity index (χ4n) is 0.932. The first-order chi connectivity index (χ1) is 6.24. The second-order valence-corrected chi connectivity index (χ2v) is 3.63. The van der Waals surface area contributed by atoms with Crippen molar-refractivity contribution in [2.45, 2.75) is 11.8 Å². The Morgan fingerprint density at radius 1 is 1.54 bits per heavy atom. The molecule has 13 heavy (non-hydrogen) atoms. The van der Waals surface area contributed by atoms with Crippen molar-refractivity contribution >= 4 is 17.5 Å². The largest absolute Gasteiger partial charge is 0.374 e. The van der Waals surface area contributed by atoms with Gasteiger partial charge in [0.2, 0.25) is 0 Å². The molecule has 70 valence electrons. The van der Waals surface area contributed by atoms with Gasteiger partial charge in [-0.3, -0.25) is 4.79 Å². The quantitative estimate of drug-likeness (QED) is 0.420. The van der Waals surface area contributed by atoms with Gasteiger partial charge in [0.1, 0.15) is 0 Å². The molecular weight excluding hydrogens is 184 g/mol. The molecule has 2 nitrogen and oxygen atoms in total. The summed E-state index contributed by atoms with van der Waals surface area (Å²) in [5, 5.41) is 0. The predicted octanol–water partition coefficient (Wildman–Crippen LogP) is 2.59. The smallest absolute Gasteiger partial charge is 0.159 e. The van der Waals surface area contributed by atoms with Gasteiger partial charge in [-0.15, -0.1) is 0 Å². The van der Waals surface area contributed by atoms with Crippen molar-refractivity contribution in [3.8, 4) is 0 Å². The molecule has 0 unspecified atom stereocenters. The van der Waals surface area contributed by atoms with Crippen LogP contribution in [0, 0.1) is 0 Å². The molecule has 0 saturated carbocycles. The van der Waals surface area contributed by atoms with Gasteiger partial charge in [-0.25, -0.2) is 0 Å². The summed E-state index contributed by atoms with van der Waals surface area (Å²) in [6.07, 6.45) is 0. The zero-order valence-electron chi connectivity index (χ0n) is 7.74. The van der Waals surface area contributed by atoms with Crippen molar-refractivity contribution in [1.82, 2.24) is 0 Å². The highest BCUT2D eigenvalue weighted by atomic mass is 32.2. The summed E-state index contributed by atoms with van der Waals surface area (Å²) in [7, 11) is 1.65. The Hall–Kier alpha value is -0.800. The van der Waals surface area contributed by atoms with E-state index in [1.54, 1.807) is 25.8 Å². The fraction of sp³-hybridized carbons (Fsp3) is 0.300. The Bertz CT molecular complexity index is 297. The molecule has 0 aromatic heterocycles. The Labute approximate surface area is 82.3 Å². The summed E-state index contributed by atoms with van der Waals surface area (Å²) < 4.78 is 4.92. The molecule has 0 bridgehead atoms. The van der Waals surface area contributed by atoms with Crippen LogP contribution in [-0.4, -0.2) is 18.8 Å². The lowest BCUT2D eigenvalue weighted by atomic mass is 10.2. The van der Waals surface area contributed by atoms with E-state index < -0.39 is 0 Å². The number of carbonyl (C=O) groups excluding carboxylic acids is 1. The topological polar surface area (TPSA) is 26.3 Å². The molecule has 0 N–H and O–H groups in total. The predicted molar refractivity (Wildman–Crippen MR) is 54.2 cm³/mol. The maximum atomic E-state index is 11.0. The van der Waals surface area contributed by atoms with Crippen molar-refractivity contribution in [3.05, 3.63) is 29.8 Å².